The molecule has 1 aromatic heterocycles. The first-order chi connectivity index (χ1) is 18.9. The molecule has 6 rings (SSSR count). The molecule has 0 bridgehead atoms. The molecule has 2 heterocycles. The van der Waals surface area contributed by atoms with Gasteiger partial charge in [-0.15, -0.1) is 0 Å². The van der Waals surface area contributed by atoms with E-state index in [9.17, 15) is 9.18 Å². The lowest BCUT2D eigenvalue weighted by atomic mass is 9.57. The summed E-state index contributed by atoms with van der Waals surface area (Å²) in [5, 5.41) is 0. The van der Waals surface area contributed by atoms with Gasteiger partial charge in [0, 0.05) is 17.7 Å². The minimum absolute atomic E-state index is 0. The van der Waals surface area contributed by atoms with Crippen molar-refractivity contribution in [2.45, 2.75) is 92.1 Å². The third-order valence-corrected chi connectivity index (χ3v) is 9.31. The van der Waals surface area contributed by atoms with Gasteiger partial charge in [0.1, 0.15) is 18.2 Å². The third kappa shape index (κ3) is 7.67. The summed E-state index contributed by atoms with van der Waals surface area (Å²) in [4.78, 5) is 25.8. The molecule has 1 aliphatic heterocycles. The number of cyclic esters (lactones) is 1. The lowest BCUT2D eigenvalue weighted by molar-refractivity contribution is -0.144. The number of halogens is 1. The largest absolute Gasteiger partial charge is 0.462 e. The van der Waals surface area contributed by atoms with E-state index in [0.29, 0.717) is 17.8 Å². The molecule has 4 aliphatic rings. The second-order valence-electron chi connectivity index (χ2n) is 11.6. The summed E-state index contributed by atoms with van der Waals surface area (Å²) in [5.74, 6) is 2.85. The Balaban J connectivity index is 0.000000381. The number of aromatic nitrogens is 1. The molecule has 5 heteroatoms. The number of pyridine rings is 1. The van der Waals surface area contributed by atoms with Gasteiger partial charge in [0.25, 0.3) is 0 Å². The standard InChI is InChI=1S/C26H28FNO2.C6H12.C2H4O.CH4/c1-16-25-23(22-8-3-2-5-18(22)14-24(25)26(29)30-16)12-11-21-10-9-19(15-28-21)17-6-4-7-20(27)13-17;1-2-6-4-3-5-6;1-2-3;/h4,6-7,9-13,15-16,18,22-25H,2-3,5,8,14H2,1H3;6H,2-5H2,1H3;2H,1H3;1H4/b12-11+;;;/t16-,18+,22+,23?,24?,25?;;;/m0.../s1. The maximum Gasteiger partial charge on any atom is 0.309 e. The summed E-state index contributed by atoms with van der Waals surface area (Å²) in [6, 6.07) is 10.5. The van der Waals surface area contributed by atoms with Crippen LogP contribution >= 0.6 is 0 Å². The zero-order valence-electron chi connectivity index (χ0n) is 23.7. The van der Waals surface area contributed by atoms with Gasteiger partial charge in [-0.05, 0) is 80.2 Å². The Morgan fingerprint density at radius 1 is 1.05 bits per heavy atom. The van der Waals surface area contributed by atoms with Gasteiger partial charge in [0.15, 0.2) is 0 Å². The Kier molecular flexibility index (Phi) is 12.1. The number of carbonyl (C=O) groups is 2. The molecule has 1 aromatic carbocycles. The number of benzene rings is 1. The van der Waals surface area contributed by atoms with Gasteiger partial charge < -0.3 is 9.53 Å². The van der Waals surface area contributed by atoms with E-state index in [1.54, 1.807) is 12.3 Å². The maximum atomic E-state index is 13.5. The van der Waals surface area contributed by atoms with Gasteiger partial charge in [-0.25, -0.2) is 4.39 Å². The summed E-state index contributed by atoms with van der Waals surface area (Å²) in [7, 11) is 0. The molecule has 0 N–H and O–H groups in total. The molecule has 2 aromatic rings. The quantitative estimate of drug-likeness (QED) is 0.282. The number of allylic oxidation sites excluding steroid dienone is 1. The molecule has 40 heavy (non-hydrogen) atoms. The van der Waals surface area contributed by atoms with Crippen molar-refractivity contribution in [2.75, 3.05) is 0 Å². The average Bonchev–Trinajstić information content (AvgIpc) is 3.20. The Labute approximate surface area is 240 Å². The van der Waals surface area contributed by atoms with E-state index in [2.05, 4.69) is 31.0 Å². The topological polar surface area (TPSA) is 56.3 Å². The molecule has 3 saturated carbocycles. The summed E-state index contributed by atoms with van der Waals surface area (Å²) >= 11 is 0. The van der Waals surface area contributed by atoms with E-state index in [-0.39, 0.29) is 37.2 Å². The van der Waals surface area contributed by atoms with Gasteiger partial charge in [-0.1, -0.05) is 83.6 Å². The second kappa shape index (κ2) is 15.3. The Morgan fingerprint density at radius 2 is 1.80 bits per heavy atom. The number of ether oxygens (including phenoxy) is 1. The Hall–Kier alpha value is -2.82. The van der Waals surface area contributed by atoms with Crippen LogP contribution in [0, 0.1) is 41.3 Å². The molecule has 0 spiro atoms. The number of rotatable bonds is 4. The fraction of sp³-hybridized carbons (Fsp3) is 0.571. The van der Waals surface area contributed by atoms with Crippen LogP contribution in [-0.4, -0.2) is 23.3 Å². The van der Waals surface area contributed by atoms with Crippen LogP contribution in [0.5, 0.6) is 0 Å². The molecule has 0 amide bonds. The molecular weight excluding hydrogens is 501 g/mol. The first-order valence-electron chi connectivity index (χ1n) is 15.0. The van der Waals surface area contributed by atoms with Gasteiger partial charge >= 0.3 is 5.97 Å². The fourth-order valence-corrected chi connectivity index (χ4v) is 7.04. The van der Waals surface area contributed by atoms with Crippen LogP contribution in [-0.2, 0) is 14.3 Å². The summed E-state index contributed by atoms with van der Waals surface area (Å²) in [6.45, 7) is 5.78. The lowest BCUT2D eigenvalue weighted by Gasteiger charge is -2.45. The molecule has 1 saturated heterocycles. The SMILES string of the molecule is C.CC=O.CCC1CCC1.C[C@@H]1OC(=O)C2C[C@H]3CCCC[C@H]3C(/C=C/c3ccc(-c4cccc(F)c4)cn3)C21. The van der Waals surface area contributed by atoms with Crippen LogP contribution in [0.3, 0.4) is 0 Å². The lowest BCUT2D eigenvalue weighted by Crippen LogP contribution is -2.42. The molecule has 218 valence electrons. The highest BCUT2D eigenvalue weighted by Gasteiger charge is 2.53. The van der Waals surface area contributed by atoms with Crippen molar-refractivity contribution >= 4 is 18.3 Å². The molecular formula is C35H48FNO3. The number of aldehydes is 1. The minimum atomic E-state index is -0.243. The number of nitrogens with zero attached hydrogens (tertiary/aromatic N) is 1. The minimum Gasteiger partial charge on any atom is -0.462 e. The predicted octanol–water partition coefficient (Wildman–Crippen LogP) is 8.94. The summed E-state index contributed by atoms with van der Waals surface area (Å²) in [6.07, 6.45) is 18.9. The number of fused-ring (bicyclic) bond motifs is 2. The van der Waals surface area contributed by atoms with Crippen molar-refractivity contribution in [2.24, 2.45) is 35.5 Å². The van der Waals surface area contributed by atoms with Crippen LogP contribution in [0.25, 0.3) is 17.2 Å². The van der Waals surface area contributed by atoms with Crippen molar-refractivity contribution in [3.8, 4) is 11.1 Å². The number of hydrogen-bond donors (Lipinski definition) is 0. The van der Waals surface area contributed by atoms with Crippen LogP contribution in [0.4, 0.5) is 4.39 Å². The Morgan fingerprint density at radius 3 is 2.40 bits per heavy atom. The van der Waals surface area contributed by atoms with E-state index in [0.717, 1.165) is 35.4 Å². The van der Waals surface area contributed by atoms with Crippen molar-refractivity contribution in [1.82, 2.24) is 4.98 Å². The molecule has 3 unspecified atom stereocenters. The molecule has 4 nitrogen and oxygen atoms in total. The van der Waals surface area contributed by atoms with Crippen molar-refractivity contribution in [1.29, 1.82) is 0 Å². The molecule has 4 fully saturated rings. The van der Waals surface area contributed by atoms with E-state index < -0.39 is 0 Å². The van der Waals surface area contributed by atoms with Gasteiger partial charge in [0.05, 0.1) is 11.6 Å². The Bertz CT molecular complexity index is 1110. The maximum absolute atomic E-state index is 13.5. The van der Waals surface area contributed by atoms with Crippen molar-refractivity contribution < 1.29 is 18.7 Å². The van der Waals surface area contributed by atoms with E-state index in [1.807, 2.05) is 18.2 Å². The van der Waals surface area contributed by atoms with Crippen molar-refractivity contribution in [3.05, 3.63) is 60.2 Å². The first kappa shape index (κ1) is 31.7. The van der Waals surface area contributed by atoms with Crippen LogP contribution in [0.1, 0.15) is 91.7 Å². The van der Waals surface area contributed by atoms with E-state index >= 15 is 0 Å². The van der Waals surface area contributed by atoms with Crippen LogP contribution in [0.15, 0.2) is 48.7 Å². The highest BCUT2D eigenvalue weighted by Crippen LogP contribution is 2.53. The highest BCUT2D eigenvalue weighted by atomic mass is 19.1. The van der Waals surface area contributed by atoms with Crippen molar-refractivity contribution in [3.63, 3.8) is 0 Å². The van der Waals surface area contributed by atoms with Crippen LogP contribution < -0.4 is 0 Å². The van der Waals surface area contributed by atoms with Crippen LogP contribution in [0.2, 0.25) is 0 Å². The summed E-state index contributed by atoms with van der Waals surface area (Å²) in [5.41, 5.74) is 2.62. The smallest absolute Gasteiger partial charge is 0.309 e. The molecule has 6 atom stereocenters. The highest BCUT2D eigenvalue weighted by molar-refractivity contribution is 5.75. The average molecular weight is 550 g/mol. The first-order valence-corrected chi connectivity index (χ1v) is 15.0. The molecule has 3 aliphatic carbocycles. The predicted molar refractivity (Wildman–Crippen MR) is 161 cm³/mol. The zero-order chi connectivity index (χ0) is 27.8. The molecule has 0 radical (unpaired) electrons. The zero-order valence-corrected chi connectivity index (χ0v) is 23.7. The van der Waals surface area contributed by atoms with E-state index in [1.165, 1.54) is 70.4 Å². The number of esters is 1. The monoisotopic (exact) mass is 549 g/mol. The van der Waals surface area contributed by atoms with E-state index in [4.69, 9.17) is 9.53 Å². The van der Waals surface area contributed by atoms with Gasteiger partial charge in [0.2, 0.25) is 0 Å². The normalized spacial score (nSPS) is 28.8. The third-order valence-electron chi connectivity index (χ3n) is 9.31. The van der Waals surface area contributed by atoms with Gasteiger partial charge in [-0.3, -0.25) is 9.78 Å². The number of carbonyl (C=O) groups excluding carboxylic acids is 2. The number of hydrogen-bond acceptors (Lipinski definition) is 4. The summed E-state index contributed by atoms with van der Waals surface area (Å²) < 4.78 is 19.1. The van der Waals surface area contributed by atoms with Gasteiger partial charge in [-0.2, -0.15) is 0 Å². The fourth-order valence-electron chi connectivity index (χ4n) is 7.04. The second-order valence-corrected chi connectivity index (χ2v) is 11.6.